The van der Waals surface area contributed by atoms with Crippen LogP contribution in [-0.4, -0.2) is 40.3 Å². The molecule has 7 nitrogen and oxygen atoms in total. The van der Waals surface area contributed by atoms with Gasteiger partial charge in [-0.25, -0.2) is 9.67 Å². The lowest BCUT2D eigenvalue weighted by molar-refractivity contribution is 0.0954. The van der Waals surface area contributed by atoms with Crippen molar-refractivity contribution >= 4 is 11.7 Å². The summed E-state index contributed by atoms with van der Waals surface area (Å²) in [5.74, 6) is 0.670. The van der Waals surface area contributed by atoms with E-state index in [-0.39, 0.29) is 11.8 Å². The van der Waals surface area contributed by atoms with Crippen molar-refractivity contribution in [1.29, 1.82) is 5.26 Å². The van der Waals surface area contributed by atoms with Crippen molar-refractivity contribution < 1.29 is 4.79 Å². The minimum atomic E-state index is -0.109. The van der Waals surface area contributed by atoms with Gasteiger partial charge in [-0.3, -0.25) is 4.79 Å². The Hall–Kier alpha value is -3.66. The van der Waals surface area contributed by atoms with Gasteiger partial charge in [0, 0.05) is 37.9 Å². The molecule has 1 atom stereocenters. The topological polar surface area (TPSA) is 86.8 Å². The van der Waals surface area contributed by atoms with Gasteiger partial charge < -0.3 is 10.2 Å². The summed E-state index contributed by atoms with van der Waals surface area (Å²) in [6.45, 7) is 3.97. The Bertz CT molecular complexity index is 1070. The van der Waals surface area contributed by atoms with Crippen molar-refractivity contribution in [2.75, 3.05) is 24.5 Å². The Morgan fingerprint density at radius 3 is 2.87 bits per heavy atom. The SMILES string of the molecule is CCNC(=O)c1cn(-c2ccccc2)nc1C1CCCN(c2ncccc2C#N)C1. The summed E-state index contributed by atoms with van der Waals surface area (Å²) < 4.78 is 1.78. The molecule has 1 fully saturated rings. The second kappa shape index (κ2) is 8.78. The van der Waals surface area contributed by atoms with Gasteiger partial charge >= 0.3 is 0 Å². The summed E-state index contributed by atoms with van der Waals surface area (Å²) >= 11 is 0. The lowest BCUT2D eigenvalue weighted by Gasteiger charge is -2.33. The summed E-state index contributed by atoms with van der Waals surface area (Å²) in [5, 5.41) is 17.2. The molecule has 1 amide bonds. The van der Waals surface area contributed by atoms with E-state index in [0.717, 1.165) is 30.8 Å². The lowest BCUT2D eigenvalue weighted by Crippen LogP contribution is -2.36. The van der Waals surface area contributed by atoms with Gasteiger partial charge in [0.05, 0.1) is 22.5 Å². The zero-order valence-corrected chi connectivity index (χ0v) is 17.0. The molecule has 1 aromatic carbocycles. The van der Waals surface area contributed by atoms with E-state index in [1.54, 1.807) is 23.0 Å². The summed E-state index contributed by atoms with van der Waals surface area (Å²) in [6.07, 6.45) is 5.41. The first-order valence-corrected chi connectivity index (χ1v) is 10.2. The van der Waals surface area contributed by atoms with Crippen LogP contribution in [0.1, 0.15) is 47.3 Å². The molecule has 1 unspecified atom stereocenters. The van der Waals surface area contributed by atoms with Crippen molar-refractivity contribution in [3.8, 4) is 11.8 Å². The van der Waals surface area contributed by atoms with Crippen LogP contribution in [0.2, 0.25) is 0 Å². The highest BCUT2D eigenvalue weighted by atomic mass is 16.1. The Morgan fingerprint density at radius 1 is 1.27 bits per heavy atom. The van der Waals surface area contributed by atoms with Gasteiger partial charge in [-0.15, -0.1) is 0 Å². The zero-order chi connectivity index (χ0) is 20.9. The second-order valence-corrected chi connectivity index (χ2v) is 7.34. The van der Waals surface area contributed by atoms with Crippen LogP contribution >= 0.6 is 0 Å². The van der Waals surface area contributed by atoms with Crippen LogP contribution in [0.3, 0.4) is 0 Å². The van der Waals surface area contributed by atoms with Crippen molar-refractivity contribution in [3.05, 3.63) is 71.7 Å². The standard InChI is InChI=1S/C23H24N6O/c1-2-25-23(30)20-16-29(19-10-4-3-5-11-19)27-21(20)18-9-7-13-28(15-18)22-17(14-24)8-6-12-26-22/h3-6,8,10-12,16,18H,2,7,9,13,15H2,1H3,(H,25,30). The van der Waals surface area contributed by atoms with Crippen molar-refractivity contribution in [1.82, 2.24) is 20.1 Å². The zero-order valence-electron chi connectivity index (χ0n) is 17.0. The molecular weight excluding hydrogens is 376 g/mol. The Morgan fingerprint density at radius 2 is 2.10 bits per heavy atom. The highest BCUT2D eigenvalue weighted by molar-refractivity contribution is 5.95. The second-order valence-electron chi connectivity index (χ2n) is 7.34. The fourth-order valence-electron chi connectivity index (χ4n) is 3.96. The molecular formula is C23H24N6O. The molecule has 1 aliphatic rings. The quantitative estimate of drug-likeness (QED) is 0.710. The number of carbonyl (C=O) groups is 1. The van der Waals surface area contributed by atoms with Crippen LogP contribution in [0, 0.1) is 11.3 Å². The van der Waals surface area contributed by atoms with E-state index >= 15 is 0 Å². The van der Waals surface area contributed by atoms with Crippen molar-refractivity contribution in [2.24, 2.45) is 0 Å². The Labute approximate surface area is 176 Å². The van der Waals surface area contributed by atoms with Crippen LogP contribution in [-0.2, 0) is 0 Å². The number of hydrogen-bond donors (Lipinski definition) is 1. The summed E-state index contributed by atoms with van der Waals surface area (Å²) in [7, 11) is 0. The van der Waals surface area contributed by atoms with Gasteiger partial charge in [0.1, 0.15) is 11.9 Å². The van der Waals surface area contributed by atoms with E-state index in [0.29, 0.717) is 30.0 Å². The summed E-state index contributed by atoms with van der Waals surface area (Å²) in [6, 6.07) is 15.6. The predicted molar refractivity (Wildman–Crippen MR) is 115 cm³/mol. The average molecular weight is 400 g/mol. The molecule has 3 aromatic rings. The highest BCUT2D eigenvalue weighted by Crippen LogP contribution is 2.32. The van der Waals surface area contributed by atoms with Crippen molar-refractivity contribution in [3.63, 3.8) is 0 Å². The maximum absolute atomic E-state index is 12.8. The Kier molecular flexibility index (Phi) is 5.75. The minimum Gasteiger partial charge on any atom is -0.355 e. The Balaban J connectivity index is 1.69. The average Bonchev–Trinajstić information content (AvgIpc) is 3.26. The number of pyridine rings is 1. The predicted octanol–water partition coefficient (Wildman–Crippen LogP) is 3.27. The monoisotopic (exact) mass is 400 g/mol. The first-order valence-electron chi connectivity index (χ1n) is 10.2. The minimum absolute atomic E-state index is 0.0786. The molecule has 0 aliphatic carbocycles. The van der Waals surface area contributed by atoms with E-state index in [2.05, 4.69) is 21.3 Å². The third-order valence-corrected chi connectivity index (χ3v) is 5.36. The number of amides is 1. The summed E-state index contributed by atoms with van der Waals surface area (Å²) in [4.78, 5) is 19.3. The molecule has 2 aromatic heterocycles. The summed E-state index contributed by atoms with van der Waals surface area (Å²) in [5.41, 5.74) is 2.88. The highest BCUT2D eigenvalue weighted by Gasteiger charge is 2.29. The van der Waals surface area contributed by atoms with Crippen LogP contribution in [0.4, 0.5) is 5.82 Å². The molecule has 0 radical (unpaired) electrons. The molecule has 1 aliphatic heterocycles. The maximum Gasteiger partial charge on any atom is 0.254 e. The molecule has 4 rings (SSSR count). The van der Waals surface area contributed by atoms with Gasteiger partial charge in [-0.05, 0) is 44.0 Å². The van der Waals surface area contributed by atoms with E-state index in [9.17, 15) is 10.1 Å². The van der Waals surface area contributed by atoms with Gasteiger partial charge in [0.25, 0.3) is 5.91 Å². The molecule has 152 valence electrons. The number of hydrogen-bond acceptors (Lipinski definition) is 5. The van der Waals surface area contributed by atoms with Crippen LogP contribution in [0.25, 0.3) is 5.69 Å². The number of rotatable bonds is 5. The number of carbonyl (C=O) groups excluding carboxylic acids is 1. The number of benzene rings is 1. The fraction of sp³-hybridized carbons (Fsp3) is 0.304. The van der Waals surface area contributed by atoms with Gasteiger partial charge in [0.2, 0.25) is 0 Å². The van der Waals surface area contributed by atoms with Gasteiger partial charge in [-0.2, -0.15) is 10.4 Å². The first kappa shape index (κ1) is 19.6. The number of nitrogens with one attached hydrogen (secondary N) is 1. The number of nitrogens with zero attached hydrogens (tertiary/aromatic N) is 5. The molecule has 0 spiro atoms. The maximum atomic E-state index is 12.8. The molecule has 3 heterocycles. The lowest BCUT2D eigenvalue weighted by atomic mass is 9.92. The molecule has 0 saturated carbocycles. The number of piperidine rings is 1. The van der Waals surface area contributed by atoms with E-state index in [1.807, 2.05) is 43.5 Å². The number of nitriles is 1. The van der Waals surface area contributed by atoms with Crippen LogP contribution in [0.15, 0.2) is 54.9 Å². The van der Waals surface area contributed by atoms with E-state index < -0.39 is 0 Å². The molecule has 1 saturated heterocycles. The number of aromatic nitrogens is 3. The third kappa shape index (κ3) is 3.90. The van der Waals surface area contributed by atoms with Crippen molar-refractivity contribution in [2.45, 2.75) is 25.7 Å². The third-order valence-electron chi connectivity index (χ3n) is 5.36. The smallest absolute Gasteiger partial charge is 0.254 e. The van der Waals surface area contributed by atoms with Crippen LogP contribution < -0.4 is 10.2 Å². The molecule has 7 heteroatoms. The fourth-order valence-corrected chi connectivity index (χ4v) is 3.96. The first-order chi connectivity index (χ1) is 14.7. The normalized spacial score (nSPS) is 16.1. The van der Waals surface area contributed by atoms with Gasteiger partial charge in [-0.1, -0.05) is 18.2 Å². The number of anilines is 1. The molecule has 0 bridgehead atoms. The van der Waals surface area contributed by atoms with E-state index in [1.165, 1.54) is 0 Å². The molecule has 1 N–H and O–H groups in total. The molecule has 30 heavy (non-hydrogen) atoms. The van der Waals surface area contributed by atoms with E-state index in [4.69, 9.17) is 5.10 Å². The largest absolute Gasteiger partial charge is 0.355 e. The number of para-hydroxylation sites is 1. The van der Waals surface area contributed by atoms with Gasteiger partial charge in [0.15, 0.2) is 0 Å². The van der Waals surface area contributed by atoms with Crippen LogP contribution in [0.5, 0.6) is 0 Å².